The molecule has 8 heteroatoms. The number of thiophene rings is 1. The lowest BCUT2D eigenvalue weighted by Gasteiger charge is -2.08. The fraction of sp³-hybridized carbons (Fsp3) is 0.188. The molecule has 124 valence electrons. The first-order valence-electron chi connectivity index (χ1n) is 7.15. The first kappa shape index (κ1) is 16.0. The highest BCUT2D eigenvalue weighted by atomic mass is 32.1. The van der Waals surface area contributed by atoms with Crippen molar-refractivity contribution in [1.82, 2.24) is 15.3 Å². The molecule has 0 fully saturated rings. The van der Waals surface area contributed by atoms with Crippen LogP contribution in [0.2, 0.25) is 0 Å². The van der Waals surface area contributed by atoms with E-state index in [-0.39, 0.29) is 18.1 Å². The van der Waals surface area contributed by atoms with Crippen molar-refractivity contribution in [3.8, 4) is 11.5 Å². The van der Waals surface area contributed by atoms with Gasteiger partial charge in [0.15, 0.2) is 6.61 Å². The number of hydrogen-bond donors (Lipinski definition) is 2. The van der Waals surface area contributed by atoms with Gasteiger partial charge in [-0.25, -0.2) is 4.98 Å². The van der Waals surface area contributed by atoms with Gasteiger partial charge < -0.3 is 19.8 Å². The summed E-state index contributed by atoms with van der Waals surface area (Å²) in [6.07, 6.45) is 1.37. The average Bonchev–Trinajstić information content (AvgIpc) is 3.03. The minimum absolute atomic E-state index is 0.100. The lowest BCUT2D eigenvalue weighted by molar-refractivity contribution is -0.123. The van der Waals surface area contributed by atoms with Crippen LogP contribution in [0.25, 0.3) is 10.2 Å². The maximum absolute atomic E-state index is 11.9. The smallest absolute Gasteiger partial charge is 0.259 e. The van der Waals surface area contributed by atoms with Crippen molar-refractivity contribution in [1.29, 1.82) is 0 Å². The molecule has 3 rings (SSSR count). The molecule has 0 radical (unpaired) electrons. The van der Waals surface area contributed by atoms with Gasteiger partial charge >= 0.3 is 0 Å². The van der Waals surface area contributed by atoms with Crippen molar-refractivity contribution in [2.24, 2.45) is 0 Å². The van der Waals surface area contributed by atoms with Gasteiger partial charge in [-0.3, -0.25) is 9.59 Å². The minimum atomic E-state index is -0.253. The lowest BCUT2D eigenvalue weighted by Crippen LogP contribution is -2.28. The molecule has 1 aromatic carbocycles. The van der Waals surface area contributed by atoms with Crippen molar-refractivity contribution in [2.45, 2.75) is 6.54 Å². The topological polar surface area (TPSA) is 93.3 Å². The predicted octanol–water partition coefficient (Wildman–Crippen LogP) is 1.69. The van der Waals surface area contributed by atoms with Crippen molar-refractivity contribution < 1.29 is 14.3 Å². The molecule has 0 saturated carbocycles. The van der Waals surface area contributed by atoms with Gasteiger partial charge in [0.05, 0.1) is 25.4 Å². The van der Waals surface area contributed by atoms with E-state index in [1.807, 2.05) is 0 Å². The Morgan fingerprint density at radius 3 is 2.96 bits per heavy atom. The van der Waals surface area contributed by atoms with Crippen LogP contribution in [0.5, 0.6) is 11.5 Å². The maximum Gasteiger partial charge on any atom is 0.259 e. The Morgan fingerprint density at radius 2 is 2.17 bits per heavy atom. The number of H-pyrrole nitrogens is 1. The third kappa shape index (κ3) is 3.72. The molecule has 0 atom stereocenters. The molecule has 0 saturated heterocycles. The number of ether oxygens (including phenoxy) is 2. The summed E-state index contributed by atoms with van der Waals surface area (Å²) in [7, 11) is 1.57. The van der Waals surface area contributed by atoms with Crippen LogP contribution in [-0.2, 0) is 11.3 Å². The number of aromatic nitrogens is 2. The number of nitrogens with one attached hydrogen (secondary N) is 2. The number of carbonyl (C=O) groups is 1. The van der Waals surface area contributed by atoms with Gasteiger partial charge in [-0.2, -0.15) is 0 Å². The molecule has 2 heterocycles. The standard InChI is InChI=1S/C16H15N3O4S/c1-22-10-3-2-4-11(5-10)23-8-14(20)17-7-12-6-13-15(21)18-9-19-16(13)24-12/h2-6,9H,7-8H2,1H3,(H,17,20)(H,18,19,21). The van der Waals surface area contributed by atoms with Crippen LogP contribution in [-0.4, -0.2) is 29.6 Å². The Kier molecular flexibility index (Phi) is 4.76. The number of hydrogen-bond acceptors (Lipinski definition) is 6. The summed E-state index contributed by atoms with van der Waals surface area (Å²) in [6, 6.07) is 8.77. The van der Waals surface area contributed by atoms with Crippen LogP contribution in [0.4, 0.5) is 0 Å². The van der Waals surface area contributed by atoms with E-state index in [9.17, 15) is 9.59 Å². The molecule has 2 aromatic heterocycles. The van der Waals surface area contributed by atoms with Gasteiger partial charge in [0.1, 0.15) is 16.3 Å². The number of amides is 1. The largest absolute Gasteiger partial charge is 0.497 e. The fourth-order valence-electron chi connectivity index (χ4n) is 2.08. The van der Waals surface area contributed by atoms with Crippen LogP contribution in [0.3, 0.4) is 0 Å². The zero-order valence-electron chi connectivity index (χ0n) is 12.9. The summed E-state index contributed by atoms with van der Waals surface area (Å²) in [5, 5.41) is 3.28. The van der Waals surface area contributed by atoms with Crippen LogP contribution >= 0.6 is 11.3 Å². The Morgan fingerprint density at radius 1 is 1.33 bits per heavy atom. The number of methoxy groups -OCH3 is 1. The molecule has 7 nitrogen and oxygen atoms in total. The van der Waals surface area contributed by atoms with Gasteiger partial charge in [0, 0.05) is 10.9 Å². The summed E-state index contributed by atoms with van der Waals surface area (Å²) >= 11 is 1.37. The molecule has 0 unspecified atom stereocenters. The molecule has 2 N–H and O–H groups in total. The number of aromatic amines is 1. The Labute approximate surface area is 141 Å². The van der Waals surface area contributed by atoms with Crippen LogP contribution in [0.1, 0.15) is 4.88 Å². The summed E-state index contributed by atoms with van der Waals surface area (Å²) in [4.78, 5) is 31.6. The summed E-state index contributed by atoms with van der Waals surface area (Å²) in [5.41, 5.74) is -0.185. The predicted molar refractivity (Wildman–Crippen MR) is 90.6 cm³/mol. The molecule has 0 aliphatic carbocycles. The zero-order chi connectivity index (χ0) is 16.9. The van der Waals surface area contributed by atoms with Gasteiger partial charge in [-0.1, -0.05) is 6.07 Å². The van der Waals surface area contributed by atoms with E-state index in [1.54, 1.807) is 37.4 Å². The van der Waals surface area contributed by atoms with Crippen LogP contribution in [0.15, 0.2) is 41.5 Å². The molecule has 0 spiro atoms. The summed E-state index contributed by atoms with van der Waals surface area (Å²) < 4.78 is 10.5. The number of nitrogens with zero attached hydrogens (tertiary/aromatic N) is 1. The van der Waals surface area contributed by atoms with Gasteiger partial charge in [-0.05, 0) is 18.2 Å². The van der Waals surface area contributed by atoms with E-state index >= 15 is 0 Å². The number of carbonyl (C=O) groups excluding carboxylic acids is 1. The second kappa shape index (κ2) is 7.14. The number of fused-ring (bicyclic) bond motifs is 1. The third-order valence-corrected chi connectivity index (χ3v) is 4.30. The highest BCUT2D eigenvalue weighted by molar-refractivity contribution is 7.18. The highest BCUT2D eigenvalue weighted by Gasteiger charge is 2.08. The van der Waals surface area contributed by atoms with Gasteiger partial charge in [0.2, 0.25) is 0 Å². The van der Waals surface area contributed by atoms with E-state index in [1.165, 1.54) is 17.7 Å². The lowest BCUT2D eigenvalue weighted by atomic mass is 10.3. The van der Waals surface area contributed by atoms with E-state index in [0.29, 0.717) is 28.3 Å². The second-order valence-corrected chi connectivity index (χ2v) is 6.02. The molecule has 24 heavy (non-hydrogen) atoms. The second-order valence-electron chi connectivity index (χ2n) is 4.91. The Bertz CT molecular complexity index is 919. The first-order chi connectivity index (χ1) is 11.7. The minimum Gasteiger partial charge on any atom is -0.497 e. The van der Waals surface area contributed by atoms with E-state index in [4.69, 9.17) is 9.47 Å². The SMILES string of the molecule is COc1cccc(OCC(=O)NCc2cc3c(=O)[nH]cnc3s2)c1. The quantitative estimate of drug-likeness (QED) is 0.709. The number of benzene rings is 1. The molecule has 3 aromatic rings. The fourth-order valence-corrected chi connectivity index (χ4v) is 3.02. The summed E-state index contributed by atoms with van der Waals surface area (Å²) in [6.45, 7) is 0.220. The van der Waals surface area contributed by atoms with Gasteiger partial charge in [0.25, 0.3) is 11.5 Å². The molecular weight excluding hydrogens is 330 g/mol. The first-order valence-corrected chi connectivity index (χ1v) is 7.97. The Hall–Kier alpha value is -2.87. The van der Waals surface area contributed by atoms with Crippen LogP contribution < -0.4 is 20.3 Å². The van der Waals surface area contributed by atoms with Crippen LogP contribution in [0, 0.1) is 0 Å². The Balaban J connectivity index is 1.54. The number of rotatable bonds is 6. The van der Waals surface area contributed by atoms with Crippen molar-refractivity contribution in [3.05, 3.63) is 51.9 Å². The third-order valence-electron chi connectivity index (χ3n) is 3.26. The average molecular weight is 345 g/mol. The normalized spacial score (nSPS) is 10.5. The van der Waals surface area contributed by atoms with E-state index < -0.39 is 0 Å². The monoisotopic (exact) mass is 345 g/mol. The van der Waals surface area contributed by atoms with Crippen molar-refractivity contribution in [3.63, 3.8) is 0 Å². The molecular formula is C16H15N3O4S. The maximum atomic E-state index is 11.9. The van der Waals surface area contributed by atoms with E-state index in [0.717, 1.165) is 4.88 Å². The van der Waals surface area contributed by atoms with Gasteiger partial charge in [-0.15, -0.1) is 11.3 Å². The molecule has 0 bridgehead atoms. The molecule has 1 amide bonds. The van der Waals surface area contributed by atoms with E-state index in [2.05, 4.69) is 15.3 Å². The molecule has 0 aliphatic heterocycles. The summed E-state index contributed by atoms with van der Waals surface area (Å²) in [5.74, 6) is 0.968. The molecule has 0 aliphatic rings. The van der Waals surface area contributed by atoms with Crippen molar-refractivity contribution in [2.75, 3.05) is 13.7 Å². The zero-order valence-corrected chi connectivity index (χ0v) is 13.7. The highest BCUT2D eigenvalue weighted by Crippen LogP contribution is 2.20. The van der Waals surface area contributed by atoms with Crippen molar-refractivity contribution >= 4 is 27.5 Å².